The number of hydrogen-bond donors (Lipinski definition) is 0. The summed E-state index contributed by atoms with van der Waals surface area (Å²) in [5.41, 5.74) is 1.47. The van der Waals surface area contributed by atoms with E-state index in [1.165, 1.54) is 24.4 Å². The molecule has 0 N–H and O–H groups in total. The van der Waals surface area contributed by atoms with E-state index in [1.807, 2.05) is 6.92 Å². The molecule has 20 heavy (non-hydrogen) atoms. The van der Waals surface area contributed by atoms with Gasteiger partial charge in [0.1, 0.15) is 0 Å². The first-order valence-corrected chi connectivity index (χ1v) is 7.90. The van der Waals surface area contributed by atoms with Crippen LogP contribution in [0.5, 0.6) is 0 Å². The molecule has 0 unspecified atom stereocenters. The Bertz CT molecular complexity index is 753. The fourth-order valence-corrected chi connectivity index (χ4v) is 2.81. The molecule has 0 fully saturated rings. The Hall–Kier alpha value is -1.36. The van der Waals surface area contributed by atoms with Crippen LogP contribution in [0.4, 0.5) is 0 Å². The summed E-state index contributed by atoms with van der Waals surface area (Å²) in [5.74, 6) is 0. The number of sulfonamides is 1. The van der Waals surface area contributed by atoms with Crippen molar-refractivity contribution in [2.24, 2.45) is 4.40 Å². The number of aryl methyl sites for hydroxylation is 1. The van der Waals surface area contributed by atoms with Crippen molar-refractivity contribution < 1.29 is 8.42 Å². The first-order valence-electron chi connectivity index (χ1n) is 5.70. The maximum Gasteiger partial charge on any atom is 0.282 e. The molecule has 104 valence electrons. The lowest BCUT2D eigenvalue weighted by molar-refractivity contribution is 0.598. The van der Waals surface area contributed by atoms with E-state index >= 15 is 0 Å². The van der Waals surface area contributed by atoms with Gasteiger partial charge in [0.25, 0.3) is 10.0 Å². The predicted molar refractivity (Wildman–Crippen MR) is 82.4 cm³/mol. The van der Waals surface area contributed by atoms with Crippen molar-refractivity contribution in [1.29, 1.82) is 0 Å². The lowest BCUT2D eigenvalue weighted by atomic mass is 10.2. The molecule has 6 heteroatoms. The van der Waals surface area contributed by atoms with Gasteiger partial charge in [-0.2, -0.15) is 12.8 Å². The largest absolute Gasteiger partial charge is 0.282 e. The van der Waals surface area contributed by atoms with Crippen LogP contribution in [-0.2, 0) is 10.0 Å². The third-order valence-corrected chi connectivity index (χ3v) is 4.43. The smallest absolute Gasteiger partial charge is 0.199 e. The molecule has 0 saturated heterocycles. The number of halogens is 2. The molecule has 0 amide bonds. The van der Waals surface area contributed by atoms with Crippen LogP contribution in [0.3, 0.4) is 0 Å². The van der Waals surface area contributed by atoms with E-state index in [1.54, 1.807) is 24.3 Å². The van der Waals surface area contributed by atoms with Gasteiger partial charge in [0.05, 0.1) is 9.92 Å². The van der Waals surface area contributed by atoms with Gasteiger partial charge in [0, 0.05) is 16.8 Å². The molecule has 0 aliphatic heterocycles. The number of benzene rings is 2. The SMILES string of the molecule is Cc1ccc(S(=O)(=O)N=Cc2ccc(Cl)cc2Cl)cc1. The summed E-state index contributed by atoms with van der Waals surface area (Å²) >= 11 is 11.7. The Balaban J connectivity index is 2.32. The second-order valence-corrected chi connectivity index (χ2v) is 6.66. The quantitative estimate of drug-likeness (QED) is 0.796. The zero-order valence-electron chi connectivity index (χ0n) is 10.5. The molecule has 0 aliphatic carbocycles. The molecule has 3 nitrogen and oxygen atoms in total. The minimum Gasteiger partial charge on any atom is -0.199 e. The minimum absolute atomic E-state index is 0.143. The average molecular weight is 328 g/mol. The van der Waals surface area contributed by atoms with E-state index in [9.17, 15) is 8.42 Å². The van der Waals surface area contributed by atoms with Crippen molar-refractivity contribution >= 4 is 39.4 Å². The molecule has 0 spiro atoms. The van der Waals surface area contributed by atoms with Crippen LogP contribution < -0.4 is 0 Å². The topological polar surface area (TPSA) is 46.5 Å². The fourth-order valence-electron chi connectivity index (χ4n) is 1.50. The number of nitrogens with zero attached hydrogens (tertiary/aromatic N) is 1. The minimum atomic E-state index is -3.72. The van der Waals surface area contributed by atoms with Crippen molar-refractivity contribution in [2.45, 2.75) is 11.8 Å². The first kappa shape index (κ1) is 15.0. The molecular formula is C14H11Cl2NO2S. The van der Waals surface area contributed by atoms with E-state index in [4.69, 9.17) is 23.2 Å². The maximum atomic E-state index is 12.0. The third-order valence-electron chi connectivity index (χ3n) is 2.61. The Morgan fingerprint density at radius 1 is 1.05 bits per heavy atom. The average Bonchev–Trinajstić information content (AvgIpc) is 2.38. The maximum absolute atomic E-state index is 12.0. The van der Waals surface area contributed by atoms with Crippen molar-refractivity contribution in [3.8, 4) is 0 Å². The second-order valence-electron chi connectivity index (χ2n) is 4.19. The highest BCUT2D eigenvalue weighted by Gasteiger charge is 2.11. The summed E-state index contributed by atoms with van der Waals surface area (Å²) in [6, 6.07) is 11.2. The normalized spacial score (nSPS) is 11.9. The Labute approximate surface area is 127 Å². The van der Waals surface area contributed by atoms with E-state index < -0.39 is 10.0 Å². The first-order chi connectivity index (χ1) is 9.38. The number of rotatable bonds is 3. The molecule has 2 rings (SSSR count). The Morgan fingerprint density at radius 2 is 1.70 bits per heavy atom. The number of hydrogen-bond acceptors (Lipinski definition) is 2. The van der Waals surface area contributed by atoms with Crippen LogP contribution in [0.1, 0.15) is 11.1 Å². The van der Waals surface area contributed by atoms with E-state index in [0.717, 1.165) is 5.56 Å². The Kier molecular flexibility index (Phi) is 4.48. The highest BCUT2D eigenvalue weighted by molar-refractivity contribution is 7.90. The molecule has 0 heterocycles. The van der Waals surface area contributed by atoms with Crippen LogP contribution in [-0.4, -0.2) is 14.6 Å². The van der Waals surface area contributed by atoms with E-state index in [0.29, 0.717) is 15.6 Å². The van der Waals surface area contributed by atoms with E-state index in [-0.39, 0.29) is 4.90 Å². The summed E-state index contributed by atoms with van der Waals surface area (Å²) in [6.45, 7) is 1.88. The third kappa shape index (κ3) is 3.60. The molecule has 2 aromatic carbocycles. The van der Waals surface area contributed by atoms with Gasteiger partial charge in [-0.15, -0.1) is 0 Å². The fraction of sp³-hybridized carbons (Fsp3) is 0.0714. The van der Waals surface area contributed by atoms with Crippen molar-refractivity contribution in [1.82, 2.24) is 0 Å². The zero-order valence-corrected chi connectivity index (χ0v) is 12.9. The lowest BCUT2D eigenvalue weighted by Crippen LogP contribution is -1.98. The predicted octanol–water partition coefficient (Wildman–Crippen LogP) is 4.11. The lowest BCUT2D eigenvalue weighted by Gasteiger charge is -2.00. The highest BCUT2D eigenvalue weighted by Crippen LogP contribution is 2.20. The summed E-state index contributed by atoms with van der Waals surface area (Å²) in [7, 11) is -3.72. The van der Waals surface area contributed by atoms with Gasteiger partial charge in [0.15, 0.2) is 0 Å². The van der Waals surface area contributed by atoms with Crippen LogP contribution in [0, 0.1) is 6.92 Å². The van der Waals surface area contributed by atoms with Crippen molar-refractivity contribution in [2.75, 3.05) is 0 Å². The second kappa shape index (κ2) is 5.95. The van der Waals surface area contributed by atoms with Gasteiger partial charge in [0.2, 0.25) is 0 Å². The summed E-state index contributed by atoms with van der Waals surface area (Å²) in [6.07, 6.45) is 1.22. The Morgan fingerprint density at radius 3 is 2.30 bits per heavy atom. The van der Waals surface area contributed by atoms with Gasteiger partial charge in [-0.05, 0) is 31.2 Å². The molecule has 0 bridgehead atoms. The molecule has 0 saturated carbocycles. The van der Waals surface area contributed by atoms with Crippen LogP contribution >= 0.6 is 23.2 Å². The summed E-state index contributed by atoms with van der Waals surface area (Å²) < 4.78 is 27.7. The molecule has 0 aromatic heterocycles. The van der Waals surface area contributed by atoms with Gasteiger partial charge in [-0.3, -0.25) is 0 Å². The van der Waals surface area contributed by atoms with Crippen LogP contribution in [0.2, 0.25) is 10.0 Å². The monoisotopic (exact) mass is 327 g/mol. The summed E-state index contributed by atoms with van der Waals surface area (Å²) in [4.78, 5) is 0.143. The standard InChI is InChI=1S/C14H11Cl2NO2S/c1-10-2-6-13(7-3-10)20(18,19)17-9-11-4-5-12(15)8-14(11)16/h2-9H,1H3. The molecule has 0 aliphatic rings. The zero-order chi connectivity index (χ0) is 14.8. The van der Waals surface area contributed by atoms with Gasteiger partial charge < -0.3 is 0 Å². The van der Waals surface area contributed by atoms with Gasteiger partial charge >= 0.3 is 0 Å². The molecular weight excluding hydrogens is 317 g/mol. The highest BCUT2D eigenvalue weighted by atomic mass is 35.5. The van der Waals surface area contributed by atoms with E-state index in [2.05, 4.69) is 4.40 Å². The molecule has 2 aromatic rings. The van der Waals surface area contributed by atoms with Crippen LogP contribution in [0.25, 0.3) is 0 Å². The summed E-state index contributed by atoms with van der Waals surface area (Å²) in [5, 5.41) is 0.828. The van der Waals surface area contributed by atoms with Gasteiger partial charge in [-0.1, -0.05) is 47.0 Å². The van der Waals surface area contributed by atoms with Crippen LogP contribution in [0.15, 0.2) is 51.8 Å². The molecule has 0 radical (unpaired) electrons. The van der Waals surface area contributed by atoms with Gasteiger partial charge in [-0.25, -0.2) is 0 Å². The molecule has 0 atom stereocenters. The van der Waals surface area contributed by atoms with Crippen molar-refractivity contribution in [3.05, 3.63) is 63.6 Å². The van der Waals surface area contributed by atoms with Crippen molar-refractivity contribution in [3.63, 3.8) is 0 Å².